The maximum Gasteiger partial charge on any atom is 0.133 e. The summed E-state index contributed by atoms with van der Waals surface area (Å²) in [7, 11) is 1.57. The Hall–Kier alpha value is -1.65. The summed E-state index contributed by atoms with van der Waals surface area (Å²) >= 11 is 0. The summed E-state index contributed by atoms with van der Waals surface area (Å²) in [5.41, 5.74) is 0. The maximum absolute atomic E-state index is 9.57. The number of aliphatic hydroxyl groups is 1. The van der Waals surface area contributed by atoms with Gasteiger partial charge in [0.1, 0.15) is 5.82 Å². The molecule has 0 amide bonds. The normalized spacial score (nSPS) is 12.6. The van der Waals surface area contributed by atoms with Gasteiger partial charge in [-0.25, -0.2) is 4.98 Å². The van der Waals surface area contributed by atoms with Gasteiger partial charge in [-0.05, 0) is 11.5 Å². The van der Waals surface area contributed by atoms with Crippen LogP contribution < -0.4 is 5.32 Å². The van der Waals surface area contributed by atoms with E-state index in [1.165, 1.54) is 0 Å². The number of pyridine rings is 1. The van der Waals surface area contributed by atoms with Gasteiger partial charge in [-0.1, -0.05) is 24.3 Å². The van der Waals surface area contributed by atoms with Gasteiger partial charge >= 0.3 is 0 Å². The first-order valence-corrected chi connectivity index (χ1v) is 5.56. The van der Waals surface area contributed by atoms with Gasteiger partial charge < -0.3 is 15.2 Å². The summed E-state index contributed by atoms with van der Waals surface area (Å²) < 4.78 is 4.87. The third-order valence-electron chi connectivity index (χ3n) is 2.54. The lowest BCUT2D eigenvalue weighted by molar-refractivity contribution is 0.0727. The molecule has 2 aromatic rings. The van der Waals surface area contributed by atoms with E-state index in [0.717, 1.165) is 16.6 Å². The van der Waals surface area contributed by atoms with Gasteiger partial charge in [0.25, 0.3) is 0 Å². The molecule has 4 heteroatoms. The van der Waals surface area contributed by atoms with Crippen LogP contribution >= 0.6 is 0 Å². The Balaban J connectivity index is 2.13. The topological polar surface area (TPSA) is 54.4 Å². The average Bonchev–Trinajstić information content (AvgIpc) is 2.36. The number of anilines is 1. The Morgan fingerprint density at radius 3 is 3.00 bits per heavy atom. The van der Waals surface area contributed by atoms with E-state index in [4.69, 9.17) is 4.74 Å². The molecular weight excluding hydrogens is 216 g/mol. The van der Waals surface area contributed by atoms with Gasteiger partial charge in [0.2, 0.25) is 0 Å². The van der Waals surface area contributed by atoms with Crippen LogP contribution in [0.15, 0.2) is 36.5 Å². The molecule has 4 nitrogen and oxygen atoms in total. The molecule has 0 bridgehead atoms. The zero-order valence-electron chi connectivity index (χ0n) is 9.76. The van der Waals surface area contributed by atoms with Crippen LogP contribution in [-0.2, 0) is 4.74 Å². The fraction of sp³-hybridized carbons (Fsp3) is 0.308. The Bertz CT molecular complexity index is 482. The molecule has 0 saturated carbocycles. The van der Waals surface area contributed by atoms with Crippen molar-refractivity contribution >= 4 is 16.6 Å². The second-order valence-electron chi connectivity index (χ2n) is 3.87. The SMILES string of the molecule is COCC(O)CNc1nccc2ccccc12. The summed E-state index contributed by atoms with van der Waals surface area (Å²) in [6.07, 6.45) is 1.23. The van der Waals surface area contributed by atoms with Gasteiger partial charge in [0, 0.05) is 25.2 Å². The molecular formula is C13H16N2O2. The van der Waals surface area contributed by atoms with Crippen molar-refractivity contribution in [1.82, 2.24) is 4.98 Å². The second-order valence-corrected chi connectivity index (χ2v) is 3.87. The smallest absolute Gasteiger partial charge is 0.133 e. The summed E-state index contributed by atoms with van der Waals surface area (Å²) in [6, 6.07) is 9.97. The van der Waals surface area contributed by atoms with Gasteiger partial charge in [0.05, 0.1) is 12.7 Å². The molecule has 0 fully saturated rings. The molecule has 2 rings (SSSR count). The summed E-state index contributed by atoms with van der Waals surface area (Å²) in [5.74, 6) is 0.790. The molecule has 2 N–H and O–H groups in total. The van der Waals surface area contributed by atoms with Crippen molar-refractivity contribution in [3.63, 3.8) is 0 Å². The highest BCUT2D eigenvalue weighted by molar-refractivity contribution is 5.91. The number of benzene rings is 1. The van der Waals surface area contributed by atoms with Crippen LogP contribution in [-0.4, -0.2) is 36.5 Å². The van der Waals surface area contributed by atoms with Gasteiger partial charge in [-0.15, -0.1) is 0 Å². The summed E-state index contributed by atoms with van der Waals surface area (Å²) in [6.45, 7) is 0.743. The van der Waals surface area contributed by atoms with E-state index in [0.29, 0.717) is 13.2 Å². The van der Waals surface area contributed by atoms with Crippen LogP contribution in [0, 0.1) is 0 Å². The highest BCUT2D eigenvalue weighted by Gasteiger charge is 2.05. The molecule has 0 saturated heterocycles. The quantitative estimate of drug-likeness (QED) is 0.823. The standard InChI is InChI=1S/C13H16N2O2/c1-17-9-11(16)8-15-13-12-5-3-2-4-10(12)6-7-14-13/h2-7,11,16H,8-9H2,1H3,(H,14,15). The zero-order chi connectivity index (χ0) is 12.1. The molecule has 1 aromatic carbocycles. The minimum atomic E-state index is -0.527. The van der Waals surface area contributed by atoms with Crippen molar-refractivity contribution in [2.75, 3.05) is 25.6 Å². The molecule has 0 radical (unpaired) electrons. The van der Waals surface area contributed by atoms with E-state index in [2.05, 4.69) is 10.3 Å². The average molecular weight is 232 g/mol. The van der Waals surface area contributed by atoms with Crippen LogP contribution in [0.25, 0.3) is 10.8 Å². The van der Waals surface area contributed by atoms with Crippen molar-refractivity contribution in [3.8, 4) is 0 Å². The number of rotatable bonds is 5. The number of aliphatic hydroxyl groups excluding tert-OH is 1. The van der Waals surface area contributed by atoms with Crippen LogP contribution in [0.3, 0.4) is 0 Å². The monoisotopic (exact) mass is 232 g/mol. The third-order valence-corrected chi connectivity index (χ3v) is 2.54. The van der Waals surface area contributed by atoms with Crippen molar-refractivity contribution in [2.24, 2.45) is 0 Å². The molecule has 1 atom stereocenters. The zero-order valence-corrected chi connectivity index (χ0v) is 9.76. The Morgan fingerprint density at radius 1 is 1.35 bits per heavy atom. The van der Waals surface area contributed by atoms with Crippen molar-refractivity contribution in [3.05, 3.63) is 36.5 Å². The van der Waals surface area contributed by atoms with E-state index in [1.54, 1.807) is 13.3 Å². The molecule has 90 valence electrons. The Morgan fingerprint density at radius 2 is 2.18 bits per heavy atom. The maximum atomic E-state index is 9.57. The summed E-state index contributed by atoms with van der Waals surface area (Å²) in [5, 5.41) is 14.9. The molecule has 1 heterocycles. The van der Waals surface area contributed by atoms with E-state index >= 15 is 0 Å². The predicted molar refractivity (Wildman–Crippen MR) is 68.1 cm³/mol. The predicted octanol–water partition coefficient (Wildman–Crippen LogP) is 1.65. The molecule has 0 aliphatic heterocycles. The first kappa shape index (κ1) is 11.8. The number of aromatic nitrogens is 1. The first-order chi connectivity index (χ1) is 8.31. The lowest BCUT2D eigenvalue weighted by Crippen LogP contribution is -2.24. The number of hydrogen-bond acceptors (Lipinski definition) is 4. The van der Waals surface area contributed by atoms with Crippen LogP contribution in [0.1, 0.15) is 0 Å². The van der Waals surface area contributed by atoms with Gasteiger partial charge in [-0.3, -0.25) is 0 Å². The lowest BCUT2D eigenvalue weighted by Gasteiger charge is -2.12. The van der Waals surface area contributed by atoms with Gasteiger partial charge in [-0.2, -0.15) is 0 Å². The number of nitrogens with zero attached hydrogens (tertiary/aromatic N) is 1. The van der Waals surface area contributed by atoms with Crippen molar-refractivity contribution in [1.29, 1.82) is 0 Å². The van der Waals surface area contributed by atoms with Crippen LogP contribution in [0.5, 0.6) is 0 Å². The highest BCUT2D eigenvalue weighted by atomic mass is 16.5. The lowest BCUT2D eigenvalue weighted by atomic mass is 10.1. The molecule has 0 aliphatic carbocycles. The van der Waals surface area contributed by atoms with E-state index in [1.807, 2.05) is 30.3 Å². The van der Waals surface area contributed by atoms with Crippen molar-refractivity contribution < 1.29 is 9.84 Å². The minimum Gasteiger partial charge on any atom is -0.389 e. The Labute approximate surface area is 100 Å². The molecule has 0 aliphatic rings. The number of ether oxygens (including phenoxy) is 1. The summed E-state index contributed by atoms with van der Waals surface area (Å²) in [4.78, 5) is 4.28. The third kappa shape index (κ3) is 2.93. The van der Waals surface area contributed by atoms with E-state index < -0.39 is 6.10 Å². The minimum absolute atomic E-state index is 0.317. The second kappa shape index (κ2) is 5.61. The van der Waals surface area contributed by atoms with E-state index in [9.17, 15) is 5.11 Å². The van der Waals surface area contributed by atoms with E-state index in [-0.39, 0.29) is 0 Å². The number of nitrogens with one attached hydrogen (secondary N) is 1. The van der Waals surface area contributed by atoms with Crippen LogP contribution in [0.2, 0.25) is 0 Å². The molecule has 1 aromatic heterocycles. The first-order valence-electron chi connectivity index (χ1n) is 5.56. The highest BCUT2D eigenvalue weighted by Crippen LogP contribution is 2.20. The molecule has 17 heavy (non-hydrogen) atoms. The number of methoxy groups -OCH3 is 1. The van der Waals surface area contributed by atoms with Crippen molar-refractivity contribution in [2.45, 2.75) is 6.10 Å². The fourth-order valence-electron chi connectivity index (χ4n) is 1.73. The fourth-order valence-corrected chi connectivity index (χ4v) is 1.73. The van der Waals surface area contributed by atoms with Crippen LogP contribution in [0.4, 0.5) is 5.82 Å². The largest absolute Gasteiger partial charge is 0.389 e. The molecule has 0 spiro atoms. The molecule has 1 unspecified atom stereocenters. The number of fused-ring (bicyclic) bond motifs is 1. The number of hydrogen-bond donors (Lipinski definition) is 2. The Kier molecular flexibility index (Phi) is 3.90. The van der Waals surface area contributed by atoms with Gasteiger partial charge in [0.15, 0.2) is 0 Å².